The number of likely N-dealkylation sites (tertiary alicyclic amines) is 1. The van der Waals surface area contributed by atoms with Crippen molar-refractivity contribution >= 4 is 23.5 Å². The van der Waals surface area contributed by atoms with Crippen molar-refractivity contribution in [3.8, 4) is 0 Å². The van der Waals surface area contributed by atoms with E-state index in [9.17, 15) is 24.6 Å². The number of carbonyl (C=O) groups is 3. The molecule has 2 bridgehead atoms. The van der Waals surface area contributed by atoms with Crippen molar-refractivity contribution in [1.29, 1.82) is 0 Å². The Morgan fingerprint density at radius 3 is 2.61 bits per heavy atom. The van der Waals surface area contributed by atoms with Gasteiger partial charge in [0.1, 0.15) is 11.6 Å². The van der Waals surface area contributed by atoms with Crippen LogP contribution in [0.3, 0.4) is 0 Å². The highest BCUT2D eigenvalue weighted by atomic mass is 16.5. The van der Waals surface area contributed by atoms with Gasteiger partial charge < -0.3 is 24.7 Å². The average Bonchev–Trinajstić information content (AvgIpc) is 3.35. The second-order valence-electron chi connectivity index (χ2n) is 8.63. The Morgan fingerprint density at radius 2 is 2.03 bits per heavy atom. The zero-order valence-electron chi connectivity index (χ0n) is 17.8. The summed E-state index contributed by atoms with van der Waals surface area (Å²) >= 11 is 0. The minimum Gasteiger partial charge on any atom is -0.481 e. The van der Waals surface area contributed by atoms with E-state index in [2.05, 4.69) is 6.58 Å². The zero-order valence-corrected chi connectivity index (χ0v) is 17.8. The molecule has 3 heterocycles. The van der Waals surface area contributed by atoms with Gasteiger partial charge in [0, 0.05) is 18.8 Å². The molecule has 31 heavy (non-hydrogen) atoms. The third-order valence-corrected chi connectivity index (χ3v) is 6.95. The number of β-amino-alcohol motifs (C(OH)–C–C–N with tert-alkyl or cyclic N) is 1. The number of carboxylic acids is 1. The van der Waals surface area contributed by atoms with E-state index in [1.54, 1.807) is 11.0 Å². The number of fused-ring (bicyclic) bond motifs is 1. The van der Waals surface area contributed by atoms with Crippen LogP contribution in [0.25, 0.3) is 0 Å². The van der Waals surface area contributed by atoms with Crippen LogP contribution < -0.4 is 4.90 Å². The SMILES string of the molecule is C=CCN(C(=O)C1N(CCO)C(=O)[C@@H]2[C@H](C(=O)O)[C@@H]3CCC12O3)c1c(C)cccc1C. The number of para-hydroxylation sites is 1. The maximum atomic E-state index is 14.0. The van der Waals surface area contributed by atoms with Crippen LogP contribution in [-0.4, -0.2) is 70.3 Å². The van der Waals surface area contributed by atoms with Crippen LogP contribution in [0.5, 0.6) is 0 Å². The molecule has 0 saturated carbocycles. The summed E-state index contributed by atoms with van der Waals surface area (Å²) in [6.07, 6.45) is 1.97. The van der Waals surface area contributed by atoms with Crippen LogP contribution in [0, 0.1) is 25.7 Å². The molecule has 2 amide bonds. The van der Waals surface area contributed by atoms with E-state index in [0.717, 1.165) is 16.8 Å². The van der Waals surface area contributed by atoms with E-state index in [1.807, 2.05) is 32.0 Å². The quantitative estimate of drug-likeness (QED) is 0.634. The number of carboxylic acid groups (broad SMARTS) is 1. The first-order valence-corrected chi connectivity index (χ1v) is 10.6. The molecule has 8 heteroatoms. The van der Waals surface area contributed by atoms with Gasteiger partial charge in [0.25, 0.3) is 5.91 Å². The molecule has 0 radical (unpaired) electrons. The van der Waals surface area contributed by atoms with Gasteiger partial charge in [-0.1, -0.05) is 24.3 Å². The van der Waals surface area contributed by atoms with Gasteiger partial charge in [-0.25, -0.2) is 0 Å². The summed E-state index contributed by atoms with van der Waals surface area (Å²) in [5.74, 6) is -3.75. The fourth-order valence-corrected chi connectivity index (χ4v) is 5.86. The molecule has 1 aromatic rings. The summed E-state index contributed by atoms with van der Waals surface area (Å²) in [6.45, 7) is 7.46. The minimum atomic E-state index is -1.19. The number of anilines is 1. The second-order valence-corrected chi connectivity index (χ2v) is 8.63. The molecule has 8 nitrogen and oxygen atoms in total. The smallest absolute Gasteiger partial charge is 0.310 e. The molecular weight excluding hydrogens is 400 g/mol. The Balaban J connectivity index is 1.82. The number of amides is 2. The molecule has 166 valence electrons. The Bertz CT molecular complexity index is 926. The lowest BCUT2D eigenvalue weighted by Crippen LogP contribution is -2.57. The van der Waals surface area contributed by atoms with E-state index < -0.39 is 41.5 Å². The Hall–Kier alpha value is -2.71. The standard InChI is InChI=1S/C23H28N2O6/c1-4-10-24(18-13(2)6-5-7-14(18)3)21(28)19-23-9-8-15(31-23)16(22(29)30)17(23)20(27)25(19)11-12-26/h4-7,15-17,19,26H,1,8-12H2,2-3H3,(H,29,30)/t15-,16+,17-,19?,23?/m0/s1. The topological polar surface area (TPSA) is 107 Å². The summed E-state index contributed by atoms with van der Waals surface area (Å²) in [4.78, 5) is 42.3. The third kappa shape index (κ3) is 3.00. The first-order valence-electron chi connectivity index (χ1n) is 10.6. The highest BCUT2D eigenvalue weighted by molar-refractivity contribution is 6.05. The maximum Gasteiger partial charge on any atom is 0.310 e. The summed E-state index contributed by atoms with van der Waals surface area (Å²) in [6, 6.07) is 4.74. The van der Waals surface area contributed by atoms with Crippen molar-refractivity contribution < 1.29 is 29.3 Å². The Kier molecular flexibility index (Phi) is 5.39. The minimum absolute atomic E-state index is 0.0530. The summed E-state index contributed by atoms with van der Waals surface area (Å²) in [7, 11) is 0. The van der Waals surface area contributed by atoms with Crippen LogP contribution in [0.4, 0.5) is 5.69 Å². The van der Waals surface area contributed by atoms with Gasteiger partial charge in [0.05, 0.1) is 24.5 Å². The zero-order chi connectivity index (χ0) is 22.5. The highest BCUT2D eigenvalue weighted by Gasteiger charge is 2.74. The third-order valence-electron chi connectivity index (χ3n) is 6.95. The van der Waals surface area contributed by atoms with Gasteiger partial charge in [-0.05, 0) is 37.8 Å². The molecule has 1 spiro atoms. The molecule has 1 aromatic carbocycles. The van der Waals surface area contributed by atoms with Crippen molar-refractivity contribution in [1.82, 2.24) is 4.90 Å². The number of hydrogen-bond donors (Lipinski definition) is 2. The fraction of sp³-hybridized carbons (Fsp3) is 0.522. The average molecular weight is 428 g/mol. The predicted octanol–water partition coefficient (Wildman–Crippen LogP) is 1.27. The molecule has 3 saturated heterocycles. The number of rotatable bonds is 7. The Morgan fingerprint density at radius 1 is 1.35 bits per heavy atom. The van der Waals surface area contributed by atoms with Crippen molar-refractivity contribution in [3.05, 3.63) is 42.0 Å². The van der Waals surface area contributed by atoms with E-state index in [1.165, 1.54) is 4.90 Å². The van der Waals surface area contributed by atoms with Crippen molar-refractivity contribution in [2.45, 2.75) is 44.4 Å². The van der Waals surface area contributed by atoms with Crippen molar-refractivity contribution in [3.63, 3.8) is 0 Å². The van der Waals surface area contributed by atoms with Gasteiger partial charge in [-0.2, -0.15) is 0 Å². The molecule has 2 N–H and O–H groups in total. The molecule has 2 unspecified atom stereocenters. The van der Waals surface area contributed by atoms with E-state index in [4.69, 9.17) is 4.74 Å². The lowest BCUT2D eigenvalue weighted by Gasteiger charge is -2.37. The number of aliphatic hydroxyl groups excluding tert-OH is 1. The highest BCUT2D eigenvalue weighted by Crippen LogP contribution is 2.58. The van der Waals surface area contributed by atoms with Gasteiger partial charge in [0.2, 0.25) is 5.91 Å². The largest absolute Gasteiger partial charge is 0.481 e. The molecule has 3 aliphatic rings. The maximum absolute atomic E-state index is 14.0. The molecule has 0 aliphatic carbocycles. The Labute approximate surface area is 181 Å². The molecule has 5 atom stereocenters. The number of aryl methyl sites for hydroxylation is 2. The lowest BCUT2D eigenvalue weighted by molar-refractivity contribution is -0.149. The fourth-order valence-electron chi connectivity index (χ4n) is 5.86. The van der Waals surface area contributed by atoms with Gasteiger partial charge in [-0.3, -0.25) is 14.4 Å². The van der Waals surface area contributed by atoms with E-state index in [0.29, 0.717) is 12.8 Å². The van der Waals surface area contributed by atoms with Crippen molar-refractivity contribution in [2.75, 3.05) is 24.6 Å². The number of benzene rings is 1. The number of aliphatic hydroxyl groups is 1. The van der Waals surface area contributed by atoms with Crippen LogP contribution in [0.1, 0.15) is 24.0 Å². The number of nitrogens with zero attached hydrogens (tertiary/aromatic N) is 2. The number of hydrogen-bond acceptors (Lipinski definition) is 5. The summed E-state index contributed by atoms with van der Waals surface area (Å²) in [5, 5.41) is 19.4. The van der Waals surface area contributed by atoms with Crippen LogP contribution in [-0.2, 0) is 19.1 Å². The van der Waals surface area contributed by atoms with Gasteiger partial charge in [-0.15, -0.1) is 6.58 Å². The van der Waals surface area contributed by atoms with Crippen LogP contribution >= 0.6 is 0 Å². The predicted molar refractivity (Wildman–Crippen MR) is 113 cm³/mol. The van der Waals surface area contributed by atoms with E-state index >= 15 is 0 Å². The van der Waals surface area contributed by atoms with E-state index in [-0.39, 0.29) is 25.6 Å². The lowest BCUT2D eigenvalue weighted by atomic mass is 9.70. The normalized spacial score (nSPS) is 31.1. The van der Waals surface area contributed by atoms with Crippen LogP contribution in [0.15, 0.2) is 30.9 Å². The van der Waals surface area contributed by atoms with Crippen LogP contribution in [0.2, 0.25) is 0 Å². The number of carbonyl (C=O) groups excluding carboxylic acids is 2. The molecule has 4 rings (SSSR count). The summed E-state index contributed by atoms with van der Waals surface area (Å²) < 4.78 is 6.16. The molecular formula is C23H28N2O6. The molecule has 0 aromatic heterocycles. The summed E-state index contributed by atoms with van der Waals surface area (Å²) in [5.41, 5.74) is 1.36. The second kappa shape index (κ2) is 7.76. The number of ether oxygens (including phenoxy) is 1. The molecule has 3 fully saturated rings. The monoisotopic (exact) mass is 428 g/mol. The number of aliphatic carboxylic acids is 1. The first kappa shape index (κ1) is 21.5. The molecule has 3 aliphatic heterocycles. The van der Waals surface area contributed by atoms with Gasteiger partial charge in [0.15, 0.2) is 0 Å². The van der Waals surface area contributed by atoms with Crippen molar-refractivity contribution in [2.24, 2.45) is 11.8 Å². The first-order chi connectivity index (χ1) is 14.8. The van der Waals surface area contributed by atoms with Gasteiger partial charge >= 0.3 is 5.97 Å².